The first kappa shape index (κ1) is 14.9. The molecule has 0 bridgehead atoms. The van der Waals surface area contributed by atoms with Crippen molar-refractivity contribution >= 4 is 22.7 Å². The maximum absolute atomic E-state index is 9.74. The third-order valence-electron chi connectivity index (χ3n) is 4.05. The second-order valence-electron chi connectivity index (χ2n) is 5.90. The first-order chi connectivity index (χ1) is 11.7. The van der Waals surface area contributed by atoms with Gasteiger partial charge in [0, 0.05) is 17.1 Å². The SMILES string of the molecule is Nc1nc(N[C@H]2COC[C@H](O)C2)c2ccc(-c3ccn[nH]3)cc2n1. The van der Waals surface area contributed by atoms with Gasteiger partial charge in [0.15, 0.2) is 0 Å². The van der Waals surface area contributed by atoms with Gasteiger partial charge in [-0.3, -0.25) is 5.10 Å². The summed E-state index contributed by atoms with van der Waals surface area (Å²) in [6, 6.07) is 7.75. The van der Waals surface area contributed by atoms with Crippen LogP contribution in [0.25, 0.3) is 22.2 Å². The highest BCUT2D eigenvalue weighted by Crippen LogP contribution is 2.27. The van der Waals surface area contributed by atoms with Crippen molar-refractivity contribution in [1.29, 1.82) is 0 Å². The van der Waals surface area contributed by atoms with E-state index in [1.54, 1.807) is 6.20 Å². The predicted molar refractivity (Wildman–Crippen MR) is 90.4 cm³/mol. The molecule has 0 spiro atoms. The number of aromatic nitrogens is 4. The van der Waals surface area contributed by atoms with Gasteiger partial charge >= 0.3 is 0 Å². The number of nitrogens with one attached hydrogen (secondary N) is 2. The van der Waals surface area contributed by atoms with Gasteiger partial charge in [-0.05, 0) is 24.6 Å². The van der Waals surface area contributed by atoms with Gasteiger partial charge in [-0.15, -0.1) is 0 Å². The zero-order valence-electron chi connectivity index (χ0n) is 12.9. The van der Waals surface area contributed by atoms with E-state index >= 15 is 0 Å². The van der Waals surface area contributed by atoms with Crippen LogP contribution in [0.5, 0.6) is 0 Å². The number of aromatic amines is 1. The number of aliphatic hydroxyl groups is 1. The smallest absolute Gasteiger partial charge is 0.222 e. The number of nitrogens with two attached hydrogens (primary N) is 1. The minimum atomic E-state index is -0.464. The second-order valence-corrected chi connectivity index (χ2v) is 5.90. The number of ether oxygens (including phenoxy) is 1. The molecule has 1 aliphatic rings. The molecule has 1 aromatic carbocycles. The number of fused-ring (bicyclic) bond motifs is 1. The molecule has 0 radical (unpaired) electrons. The molecule has 2 atom stereocenters. The Morgan fingerprint density at radius 3 is 2.96 bits per heavy atom. The molecule has 4 rings (SSSR count). The summed E-state index contributed by atoms with van der Waals surface area (Å²) in [6.07, 6.45) is 1.85. The average molecular weight is 326 g/mol. The third kappa shape index (κ3) is 2.89. The zero-order chi connectivity index (χ0) is 16.5. The first-order valence-electron chi connectivity index (χ1n) is 7.78. The molecule has 8 heteroatoms. The number of hydrogen-bond acceptors (Lipinski definition) is 7. The van der Waals surface area contributed by atoms with Crippen LogP contribution in [-0.4, -0.2) is 50.6 Å². The van der Waals surface area contributed by atoms with Crippen LogP contribution in [0.15, 0.2) is 30.5 Å². The summed E-state index contributed by atoms with van der Waals surface area (Å²) >= 11 is 0. The van der Waals surface area contributed by atoms with Gasteiger partial charge in [0.05, 0.1) is 36.6 Å². The van der Waals surface area contributed by atoms with Crippen molar-refractivity contribution in [3.8, 4) is 11.3 Å². The minimum Gasteiger partial charge on any atom is -0.391 e. The lowest BCUT2D eigenvalue weighted by atomic mass is 10.1. The Bertz CT molecular complexity index is 851. The van der Waals surface area contributed by atoms with E-state index in [0.717, 1.165) is 22.2 Å². The van der Waals surface area contributed by atoms with Crippen LogP contribution in [0.2, 0.25) is 0 Å². The van der Waals surface area contributed by atoms with Crippen LogP contribution in [0, 0.1) is 0 Å². The largest absolute Gasteiger partial charge is 0.391 e. The molecule has 2 aromatic heterocycles. The summed E-state index contributed by atoms with van der Waals surface area (Å²) in [4.78, 5) is 8.64. The predicted octanol–water partition coefficient (Wildman–Crippen LogP) is 1.16. The highest BCUT2D eigenvalue weighted by Gasteiger charge is 2.22. The van der Waals surface area contributed by atoms with Gasteiger partial charge < -0.3 is 20.9 Å². The van der Waals surface area contributed by atoms with E-state index < -0.39 is 6.10 Å². The van der Waals surface area contributed by atoms with Gasteiger partial charge in [-0.1, -0.05) is 6.07 Å². The summed E-state index contributed by atoms with van der Waals surface area (Å²) in [6.45, 7) is 0.896. The molecule has 1 saturated heterocycles. The highest BCUT2D eigenvalue weighted by atomic mass is 16.5. The summed E-state index contributed by atoms with van der Waals surface area (Å²) < 4.78 is 5.38. The Hall–Kier alpha value is -2.71. The summed E-state index contributed by atoms with van der Waals surface area (Å²) in [5.74, 6) is 0.848. The molecule has 5 N–H and O–H groups in total. The molecule has 3 heterocycles. The van der Waals surface area contributed by atoms with Crippen molar-refractivity contribution in [1.82, 2.24) is 20.2 Å². The fraction of sp³-hybridized carbons (Fsp3) is 0.312. The zero-order valence-corrected chi connectivity index (χ0v) is 12.9. The molecule has 0 saturated carbocycles. The number of nitrogen functional groups attached to an aromatic ring is 1. The van der Waals surface area contributed by atoms with Gasteiger partial charge in [0.25, 0.3) is 0 Å². The lowest BCUT2D eigenvalue weighted by Gasteiger charge is -2.27. The number of H-pyrrole nitrogens is 1. The van der Waals surface area contributed by atoms with E-state index in [1.165, 1.54) is 0 Å². The lowest BCUT2D eigenvalue weighted by Crippen LogP contribution is -2.38. The van der Waals surface area contributed by atoms with Crippen LogP contribution in [0.1, 0.15) is 6.42 Å². The lowest BCUT2D eigenvalue weighted by molar-refractivity contribution is -0.0117. The molecule has 0 unspecified atom stereocenters. The van der Waals surface area contributed by atoms with E-state index in [-0.39, 0.29) is 12.0 Å². The number of benzene rings is 1. The maximum atomic E-state index is 9.74. The molecule has 0 aliphatic carbocycles. The van der Waals surface area contributed by atoms with Gasteiger partial charge in [0.2, 0.25) is 5.95 Å². The third-order valence-corrected chi connectivity index (χ3v) is 4.05. The number of rotatable bonds is 3. The van der Waals surface area contributed by atoms with Crippen LogP contribution in [0.4, 0.5) is 11.8 Å². The molecular weight excluding hydrogens is 308 g/mol. The van der Waals surface area contributed by atoms with Crippen molar-refractivity contribution < 1.29 is 9.84 Å². The fourth-order valence-corrected chi connectivity index (χ4v) is 2.95. The van der Waals surface area contributed by atoms with Gasteiger partial charge in [-0.2, -0.15) is 10.1 Å². The Morgan fingerprint density at radius 1 is 1.25 bits per heavy atom. The standard InChI is InChI=1S/C16H18N6O2/c17-16-20-14-5-9(13-3-4-18-22-13)1-2-12(14)15(21-16)19-10-6-11(23)8-24-7-10/h1-5,10-11,23H,6-8H2,(H,18,22)(H3,17,19,20,21)/t10-,11-/m1/s1. The van der Waals surface area contributed by atoms with E-state index in [1.807, 2.05) is 24.3 Å². The van der Waals surface area contributed by atoms with E-state index in [0.29, 0.717) is 25.5 Å². The molecule has 0 amide bonds. The summed E-state index contributed by atoms with van der Waals surface area (Å²) in [7, 11) is 0. The van der Waals surface area contributed by atoms with Crippen molar-refractivity contribution in [2.24, 2.45) is 0 Å². The Labute approximate surface area is 138 Å². The van der Waals surface area contributed by atoms with Crippen molar-refractivity contribution in [2.45, 2.75) is 18.6 Å². The summed E-state index contributed by atoms with van der Waals surface area (Å²) in [5.41, 5.74) is 8.49. The highest BCUT2D eigenvalue weighted by molar-refractivity contribution is 5.92. The summed E-state index contributed by atoms with van der Waals surface area (Å²) in [5, 5.41) is 20.8. The number of aliphatic hydroxyl groups excluding tert-OH is 1. The van der Waals surface area contributed by atoms with Crippen molar-refractivity contribution in [3.05, 3.63) is 30.5 Å². The van der Waals surface area contributed by atoms with E-state index in [4.69, 9.17) is 10.5 Å². The van der Waals surface area contributed by atoms with Crippen LogP contribution < -0.4 is 11.1 Å². The topological polar surface area (TPSA) is 122 Å². The van der Waals surface area contributed by atoms with Crippen LogP contribution in [0.3, 0.4) is 0 Å². The monoisotopic (exact) mass is 326 g/mol. The molecular formula is C16H18N6O2. The van der Waals surface area contributed by atoms with Crippen molar-refractivity contribution in [2.75, 3.05) is 24.3 Å². The molecule has 1 fully saturated rings. The molecule has 124 valence electrons. The van der Waals surface area contributed by atoms with E-state index in [9.17, 15) is 5.11 Å². The first-order valence-corrected chi connectivity index (χ1v) is 7.78. The fourth-order valence-electron chi connectivity index (χ4n) is 2.95. The molecule has 24 heavy (non-hydrogen) atoms. The number of hydrogen-bond donors (Lipinski definition) is 4. The molecule has 1 aliphatic heterocycles. The van der Waals surface area contributed by atoms with Gasteiger partial charge in [0.1, 0.15) is 5.82 Å². The van der Waals surface area contributed by atoms with E-state index in [2.05, 4.69) is 25.5 Å². The Kier molecular flexibility index (Phi) is 3.75. The molecule has 8 nitrogen and oxygen atoms in total. The Morgan fingerprint density at radius 2 is 2.17 bits per heavy atom. The maximum Gasteiger partial charge on any atom is 0.222 e. The van der Waals surface area contributed by atoms with Crippen LogP contribution >= 0.6 is 0 Å². The second kappa shape index (κ2) is 6.06. The van der Waals surface area contributed by atoms with Crippen LogP contribution in [-0.2, 0) is 4.74 Å². The number of anilines is 2. The molecule has 3 aromatic rings. The minimum absolute atomic E-state index is 0.0152. The average Bonchev–Trinajstić information content (AvgIpc) is 3.08. The Balaban J connectivity index is 1.70. The quantitative estimate of drug-likeness (QED) is 0.570. The van der Waals surface area contributed by atoms with Crippen molar-refractivity contribution in [3.63, 3.8) is 0 Å². The van der Waals surface area contributed by atoms with Gasteiger partial charge in [-0.25, -0.2) is 4.98 Å². The normalized spacial score (nSPS) is 21.0. The number of nitrogens with zero attached hydrogens (tertiary/aromatic N) is 3.